The summed E-state index contributed by atoms with van der Waals surface area (Å²) in [6.45, 7) is 8.56. The molecule has 2 aliphatic heterocycles. The first-order valence-corrected chi connectivity index (χ1v) is 6.46. The molecule has 2 fully saturated rings. The van der Waals surface area contributed by atoms with E-state index in [1.165, 1.54) is 52.0 Å². The van der Waals surface area contributed by atoms with Gasteiger partial charge in [-0.05, 0) is 39.4 Å². The molecule has 0 aromatic rings. The maximum atomic E-state index is 3.45. The Morgan fingerprint density at radius 3 is 2.60 bits per heavy atom. The summed E-state index contributed by atoms with van der Waals surface area (Å²) in [4.78, 5) is 5.26. The Labute approximate surface area is 93.8 Å². The van der Waals surface area contributed by atoms with Gasteiger partial charge in [-0.15, -0.1) is 0 Å². The summed E-state index contributed by atoms with van der Waals surface area (Å²) in [5.41, 5.74) is 0. The van der Waals surface area contributed by atoms with Crippen molar-refractivity contribution in [1.82, 2.24) is 15.1 Å². The zero-order valence-corrected chi connectivity index (χ0v) is 10.2. The van der Waals surface area contributed by atoms with Gasteiger partial charge in [-0.2, -0.15) is 0 Å². The number of nitrogens with zero attached hydrogens (tertiary/aromatic N) is 2. The van der Waals surface area contributed by atoms with Crippen LogP contribution >= 0.6 is 0 Å². The Balaban J connectivity index is 1.87. The summed E-state index contributed by atoms with van der Waals surface area (Å²) in [7, 11) is 2.27. The van der Waals surface area contributed by atoms with E-state index < -0.39 is 0 Å². The second-order valence-corrected chi connectivity index (χ2v) is 5.02. The quantitative estimate of drug-likeness (QED) is 0.728. The molecule has 0 aromatic heterocycles. The van der Waals surface area contributed by atoms with Crippen molar-refractivity contribution in [2.24, 2.45) is 0 Å². The lowest BCUT2D eigenvalue weighted by Crippen LogP contribution is -2.55. The first-order chi connectivity index (χ1) is 7.31. The van der Waals surface area contributed by atoms with Crippen LogP contribution in [0.2, 0.25) is 0 Å². The topological polar surface area (TPSA) is 18.5 Å². The summed E-state index contributed by atoms with van der Waals surface area (Å²) in [5.74, 6) is 0. The number of hydrogen-bond acceptors (Lipinski definition) is 3. The zero-order valence-electron chi connectivity index (χ0n) is 10.2. The summed E-state index contributed by atoms with van der Waals surface area (Å²) in [6, 6.07) is 1.64. The Kier molecular flexibility index (Phi) is 4.00. The largest absolute Gasteiger partial charge is 0.317 e. The van der Waals surface area contributed by atoms with Gasteiger partial charge in [0.05, 0.1) is 0 Å². The first-order valence-electron chi connectivity index (χ1n) is 6.46. The molecule has 0 aromatic carbocycles. The Hall–Kier alpha value is -0.120. The van der Waals surface area contributed by atoms with Crippen LogP contribution in [0.1, 0.15) is 26.2 Å². The fourth-order valence-electron chi connectivity index (χ4n) is 2.91. The molecule has 1 atom stereocenters. The molecular weight excluding hydrogens is 186 g/mol. The van der Waals surface area contributed by atoms with Crippen LogP contribution in [0.15, 0.2) is 0 Å². The van der Waals surface area contributed by atoms with Gasteiger partial charge in [-0.3, -0.25) is 4.90 Å². The number of likely N-dealkylation sites (N-methyl/N-ethyl adjacent to an activating group) is 1. The van der Waals surface area contributed by atoms with Crippen LogP contribution < -0.4 is 5.32 Å². The molecule has 0 amide bonds. The molecule has 3 nitrogen and oxygen atoms in total. The highest BCUT2D eigenvalue weighted by Crippen LogP contribution is 2.18. The summed E-state index contributed by atoms with van der Waals surface area (Å²) in [5, 5.41) is 3.45. The highest BCUT2D eigenvalue weighted by Gasteiger charge is 2.28. The lowest BCUT2D eigenvalue weighted by atomic mass is 10.0. The second kappa shape index (κ2) is 5.28. The van der Waals surface area contributed by atoms with E-state index in [0.717, 1.165) is 12.1 Å². The van der Waals surface area contributed by atoms with E-state index in [1.807, 2.05) is 0 Å². The highest BCUT2D eigenvalue weighted by molar-refractivity contribution is 4.85. The molecule has 1 N–H and O–H groups in total. The van der Waals surface area contributed by atoms with E-state index in [1.54, 1.807) is 0 Å². The lowest BCUT2D eigenvalue weighted by Gasteiger charge is -2.44. The summed E-state index contributed by atoms with van der Waals surface area (Å²) < 4.78 is 0. The average Bonchev–Trinajstić information content (AvgIpc) is 2.31. The molecule has 1 unspecified atom stereocenters. The van der Waals surface area contributed by atoms with E-state index in [0.29, 0.717) is 0 Å². The van der Waals surface area contributed by atoms with E-state index in [4.69, 9.17) is 0 Å². The minimum Gasteiger partial charge on any atom is -0.317 e. The number of nitrogens with one attached hydrogen (secondary N) is 1. The number of piperidine rings is 1. The Bertz CT molecular complexity index is 189. The standard InChI is InChI=1S/C12H25N3/c1-3-11-10-15(9-8-14(11)2)12-4-6-13-7-5-12/h11-13H,3-10H2,1-2H3. The van der Waals surface area contributed by atoms with Crippen LogP contribution in [-0.2, 0) is 0 Å². The molecule has 0 spiro atoms. The van der Waals surface area contributed by atoms with Crippen molar-refractivity contribution in [2.45, 2.75) is 38.3 Å². The molecule has 88 valence electrons. The molecular formula is C12H25N3. The van der Waals surface area contributed by atoms with Crippen LogP contribution in [-0.4, -0.2) is 61.7 Å². The van der Waals surface area contributed by atoms with E-state index >= 15 is 0 Å². The van der Waals surface area contributed by atoms with E-state index in [2.05, 4.69) is 29.1 Å². The van der Waals surface area contributed by atoms with Crippen molar-refractivity contribution in [1.29, 1.82) is 0 Å². The summed E-state index contributed by atoms with van der Waals surface area (Å²) in [6.07, 6.45) is 3.98. The molecule has 15 heavy (non-hydrogen) atoms. The van der Waals surface area contributed by atoms with Crippen molar-refractivity contribution >= 4 is 0 Å². The normalized spacial score (nSPS) is 32.0. The maximum absolute atomic E-state index is 3.45. The SMILES string of the molecule is CCC1CN(C2CCNCC2)CCN1C. The number of hydrogen-bond donors (Lipinski definition) is 1. The molecule has 3 heteroatoms. The molecule has 0 bridgehead atoms. The molecule has 0 saturated carbocycles. The fraction of sp³-hybridized carbons (Fsp3) is 1.00. The van der Waals surface area contributed by atoms with Gasteiger partial charge in [0.1, 0.15) is 0 Å². The smallest absolute Gasteiger partial charge is 0.0218 e. The van der Waals surface area contributed by atoms with Crippen molar-refractivity contribution in [2.75, 3.05) is 39.8 Å². The van der Waals surface area contributed by atoms with E-state index in [-0.39, 0.29) is 0 Å². The molecule has 2 aliphatic rings. The average molecular weight is 211 g/mol. The molecule has 2 rings (SSSR count). The fourth-order valence-corrected chi connectivity index (χ4v) is 2.91. The van der Waals surface area contributed by atoms with Gasteiger partial charge in [0.2, 0.25) is 0 Å². The van der Waals surface area contributed by atoms with Crippen molar-refractivity contribution < 1.29 is 0 Å². The zero-order chi connectivity index (χ0) is 10.7. The van der Waals surface area contributed by atoms with Crippen molar-refractivity contribution in [3.05, 3.63) is 0 Å². The van der Waals surface area contributed by atoms with Gasteiger partial charge < -0.3 is 10.2 Å². The summed E-state index contributed by atoms with van der Waals surface area (Å²) >= 11 is 0. The van der Waals surface area contributed by atoms with Gasteiger partial charge in [0.25, 0.3) is 0 Å². The third kappa shape index (κ3) is 2.71. The highest BCUT2D eigenvalue weighted by atomic mass is 15.3. The molecule has 0 radical (unpaired) electrons. The van der Waals surface area contributed by atoms with Crippen molar-refractivity contribution in [3.8, 4) is 0 Å². The van der Waals surface area contributed by atoms with Crippen molar-refractivity contribution in [3.63, 3.8) is 0 Å². The number of piperazine rings is 1. The Morgan fingerprint density at radius 2 is 1.93 bits per heavy atom. The first kappa shape index (κ1) is 11.4. The van der Waals surface area contributed by atoms with Gasteiger partial charge >= 0.3 is 0 Å². The molecule has 2 saturated heterocycles. The predicted octanol–water partition coefficient (Wildman–Crippen LogP) is 0.764. The second-order valence-electron chi connectivity index (χ2n) is 5.02. The Morgan fingerprint density at radius 1 is 1.20 bits per heavy atom. The monoisotopic (exact) mass is 211 g/mol. The van der Waals surface area contributed by atoms with Crippen LogP contribution in [0.3, 0.4) is 0 Å². The van der Waals surface area contributed by atoms with E-state index in [9.17, 15) is 0 Å². The lowest BCUT2D eigenvalue weighted by molar-refractivity contribution is 0.0518. The molecule has 2 heterocycles. The van der Waals surface area contributed by atoms with Crippen LogP contribution in [0, 0.1) is 0 Å². The van der Waals surface area contributed by atoms with Gasteiger partial charge in [-0.1, -0.05) is 6.92 Å². The number of rotatable bonds is 2. The minimum absolute atomic E-state index is 0.786. The maximum Gasteiger partial charge on any atom is 0.0218 e. The third-order valence-electron chi connectivity index (χ3n) is 4.10. The van der Waals surface area contributed by atoms with Crippen LogP contribution in [0.5, 0.6) is 0 Å². The van der Waals surface area contributed by atoms with Gasteiger partial charge in [0, 0.05) is 31.7 Å². The predicted molar refractivity (Wildman–Crippen MR) is 64.2 cm³/mol. The van der Waals surface area contributed by atoms with Gasteiger partial charge in [0.15, 0.2) is 0 Å². The van der Waals surface area contributed by atoms with Gasteiger partial charge in [-0.25, -0.2) is 0 Å². The molecule has 0 aliphatic carbocycles. The van der Waals surface area contributed by atoms with Crippen LogP contribution in [0.4, 0.5) is 0 Å². The minimum atomic E-state index is 0.786. The van der Waals surface area contributed by atoms with Crippen LogP contribution in [0.25, 0.3) is 0 Å². The third-order valence-corrected chi connectivity index (χ3v) is 4.10.